The molecule has 22 heavy (non-hydrogen) atoms. The maximum absolute atomic E-state index is 12.7. The van der Waals surface area contributed by atoms with Gasteiger partial charge < -0.3 is 0 Å². The number of halogens is 1. The molecule has 2 rings (SSSR count). The van der Waals surface area contributed by atoms with Gasteiger partial charge in [0.05, 0.1) is 20.5 Å². The SMILES string of the molecule is CCN(c1ccccc1Cl)S(=O)(=O)c1cccc([N+](=O)[O-])c1. The average molecular weight is 341 g/mol. The zero-order chi connectivity index (χ0) is 16.3. The molecule has 0 unspecified atom stereocenters. The van der Waals surface area contributed by atoms with E-state index in [1.807, 2.05) is 0 Å². The Morgan fingerprint density at radius 2 is 1.86 bits per heavy atom. The molecule has 0 saturated carbocycles. The minimum Gasteiger partial charge on any atom is -0.265 e. The van der Waals surface area contributed by atoms with Gasteiger partial charge >= 0.3 is 0 Å². The highest BCUT2D eigenvalue weighted by molar-refractivity contribution is 7.92. The summed E-state index contributed by atoms with van der Waals surface area (Å²) in [5, 5.41) is 11.1. The minimum atomic E-state index is -3.94. The van der Waals surface area contributed by atoms with Crippen LogP contribution in [-0.4, -0.2) is 19.9 Å². The van der Waals surface area contributed by atoms with E-state index in [2.05, 4.69) is 0 Å². The number of sulfonamides is 1. The largest absolute Gasteiger partial charge is 0.270 e. The van der Waals surface area contributed by atoms with Crippen LogP contribution >= 0.6 is 11.6 Å². The van der Waals surface area contributed by atoms with Crippen molar-refractivity contribution in [3.05, 3.63) is 63.7 Å². The van der Waals surface area contributed by atoms with Crippen LogP contribution in [0.15, 0.2) is 53.4 Å². The van der Waals surface area contributed by atoms with Crippen LogP contribution in [0.4, 0.5) is 11.4 Å². The number of nitro benzene ring substituents is 1. The smallest absolute Gasteiger partial charge is 0.265 e. The van der Waals surface area contributed by atoms with Gasteiger partial charge in [-0.25, -0.2) is 8.42 Å². The number of non-ortho nitro benzene ring substituents is 1. The third-order valence-electron chi connectivity index (χ3n) is 3.02. The first-order valence-corrected chi connectivity index (χ1v) is 8.21. The van der Waals surface area contributed by atoms with Crippen LogP contribution in [0.3, 0.4) is 0 Å². The van der Waals surface area contributed by atoms with Gasteiger partial charge in [-0.3, -0.25) is 14.4 Å². The van der Waals surface area contributed by atoms with Gasteiger partial charge in [-0.2, -0.15) is 0 Å². The zero-order valence-electron chi connectivity index (χ0n) is 11.6. The Labute approximate surface area is 133 Å². The Kier molecular flexibility index (Phi) is 4.68. The van der Waals surface area contributed by atoms with Crippen LogP contribution < -0.4 is 4.31 Å². The second-order valence-electron chi connectivity index (χ2n) is 4.38. The first-order chi connectivity index (χ1) is 10.4. The molecule has 0 aliphatic heterocycles. The third kappa shape index (κ3) is 3.05. The number of para-hydroxylation sites is 1. The molecule has 0 radical (unpaired) electrons. The highest BCUT2D eigenvalue weighted by Crippen LogP contribution is 2.30. The Hall–Kier alpha value is -2.12. The summed E-state index contributed by atoms with van der Waals surface area (Å²) < 4.78 is 26.6. The Morgan fingerprint density at radius 3 is 2.45 bits per heavy atom. The number of hydrogen-bond donors (Lipinski definition) is 0. The van der Waals surface area contributed by atoms with E-state index < -0.39 is 14.9 Å². The summed E-state index contributed by atoms with van der Waals surface area (Å²) in [6.07, 6.45) is 0. The zero-order valence-corrected chi connectivity index (χ0v) is 13.2. The number of hydrogen-bond acceptors (Lipinski definition) is 4. The number of rotatable bonds is 5. The predicted molar refractivity (Wildman–Crippen MR) is 84.8 cm³/mol. The molecule has 6 nitrogen and oxygen atoms in total. The molecular weight excluding hydrogens is 328 g/mol. The molecule has 0 spiro atoms. The van der Waals surface area contributed by atoms with Crippen molar-refractivity contribution in [2.45, 2.75) is 11.8 Å². The first kappa shape index (κ1) is 16.3. The molecule has 0 heterocycles. The molecule has 0 aliphatic rings. The summed E-state index contributed by atoms with van der Waals surface area (Å²) in [6.45, 7) is 1.81. The highest BCUT2D eigenvalue weighted by Gasteiger charge is 2.26. The Bertz CT molecular complexity index is 808. The summed E-state index contributed by atoms with van der Waals surface area (Å²) in [7, 11) is -3.94. The Morgan fingerprint density at radius 1 is 1.18 bits per heavy atom. The van der Waals surface area contributed by atoms with Crippen molar-refractivity contribution in [2.75, 3.05) is 10.8 Å². The van der Waals surface area contributed by atoms with Crippen molar-refractivity contribution < 1.29 is 13.3 Å². The van der Waals surface area contributed by atoms with Crippen molar-refractivity contribution in [1.29, 1.82) is 0 Å². The topological polar surface area (TPSA) is 80.5 Å². The van der Waals surface area contributed by atoms with E-state index in [1.54, 1.807) is 31.2 Å². The van der Waals surface area contributed by atoms with Gasteiger partial charge in [0.15, 0.2) is 0 Å². The van der Waals surface area contributed by atoms with Gasteiger partial charge in [0.2, 0.25) is 0 Å². The fourth-order valence-electron chi connectivity index (χ4n) is 2.01. The van der Waals surface area contributed by atoms with E-state index in [4.69, 9.17) is 11.6 Å². The molecule has 0 fully saturated rings. The lowest BCUT2D eigenvalue weighted by atomic mass is 10.3. The van der Waals surface area contributed by atoms with Crippen molar-refractivity contribution in [3.63, 3.8) is 0 Å². The second kappa shape index (κ2) is 6.33. The van der Waals surface area contributed by atoms with Gasteiger partial charge in [-0.1, -0.05) is 29.8 Å². The molecule has 116 valence electrons. The molecule has 2 aromatic rings. The maximum Gasteiger partial charge on any atom is 0.270 e. The number of nitro groups is 1. The van der Waals surface area contributed by atoms with Crippen LogP contribution in [0.5, 0.6) is 0 Å². The van der Waals surface area contributed by atoms with E-state index in [0.29, 0.717) is 10.7 Å². The molecule has 0 aromatic heterocycles. The van der Waals surface area contributed by atoms with E-state index in [0.717, 1.165) is 10.4 Å². The van der Waals surface area contributed by atoms with Crippen molar-refractivity contribution in [3.8, 4) is 0 Å². The van der Waals surface area contributed by atoms with Crippen LogP contribution in [0, 0.1) is 10.1 Å². The molecule has 0 N–H and O–H groups in total. The van der Waals surface area contributed by atoms with Gasteiger partial charge in [0.25, 0.3) is 15.7 Å². The van der Waals surface area contributed by atoms with Gasteiger partial charge in [0, 0.05) is 18.7 Å². The summed E-state index contributed by atoms with van der Waals surface area (Å²) in [5.41, 5.74) is 0.0504. The van der Waals surface area contributed by atoms with E-state index >= 15 is 0 Å². The van der Waals surface area contributed by atoms with Crippen molar-refractivity contribution in [1.82, 2.24) is 0 Å². The molecule has 0 amide bonds. The minimum absolute atomic E-state index is 0.148. The third-order valence-corrected chi connectivity index (χ3v) is 5.23. The predicted octanol–water partition coefficient (Wildman–Crippen LogP) is 3.46. The van der Waals surface area contributed by atoms with Gasteiger partial charge in [-0.15, -0.1) is 0 Å². The van der Waals surface area contributed by atoms with Gasteiger partial charge in [-0.05, 0) is 25.1 Å². The monoisotopic (exact) mass is 340 g/mol. The lowest BCUT2D eigenvalue weighted by Crippen LogP contribution is -2.31. The quantitative estimate of drug-likeness (QED) is 0.616. The number of anilines is 1. The normalized spacial score (nSPS) is 11.2. The molecule has 0 aliphatic carbocycles. The average Bonchev–Trinajstić information content (AvgIpc) is 2.50. The molecule has 8 heteroatoms. The Balaban J connectivity index is 2.55. The summed E-state index contributed by atoms with van der Waals surface area (Å²) in [4.78, 5) is 10.0. The lowest BCUT2D eigenvalue weighted by molar-refractivity contribution is -0.385. The van der Waals surface area contributed by atoms with E-state index in [-0.39, 0.29) is 17.1 Å². The van der Waals surface area contributed by atoms with E-state index in [1.165, 1.54) is 18.2 Å². The van der Waals surface area contributed by atoms with Crippen LogP contribution in [-0.2, 0) is 10.0 Å². The van der Waals surface area contributed by atoms with Crippen LogP contribution in [0.1, 0.15) is 6.92 Å². The molecule has 0 bridgehead atoms. The molecule has 0 saturated heterocycles. The molecule has 0 atom stereocenters. The standard InChI is InChI=1S/C14H13ClN2O4S/c1-2-16(14-9-4-3-8-13(14)15)22(20,21)12-7-5-6-11(10-12)17(18)19/h3-10H,2H2,1H3. The molecular formula is C14H13ClN2O4S. The fraction of sp³-hybridized carbons (Fsp3) is 0.143. The summed E-state index contributed by atoms with van der Waals surface area (Å²) >= 11 is 6.06. The van der Waals surface area contributed by atoms with Crippen molar-refractivity contribution in [2.24, 2.45) is 0 Å². The van der Waals surface area contributed by atoms with Crippen LogP contribution in [0.25, 0.3) is 0 Å². The highest BCUT2D eigenvalue weighted by atomic mass is 35.5. The fourth-order valence-corrected chi connectivity index (χ4v) is 3.83. The molecule has 2 aromatic carbocycles. The van der Waals surface area contributed by atoms with E-state index in [9.17, 15) is 18.5 Å². The van der Waals surface area contributed by atoms with Gasteiger partial charge in [0.1, 0.15) is 0 Å². The number of nitrogens with zero attached hydrogens (tertiary/aromatic N) is 2. The maximum atomic E-state index is 12.7. The number of benzene rings is 2. The van der Waals surface area contributed by atoms with Crippen LogP contribution in [0.2, 0.25) is 5.02 Å². The lowest BCUT2D eigenvalue weighted by Gasteiger charge is -2.23. The second-order valence-corrected chi connectivity index (χ2v) is 6.65. The first-order valence-electron chi connectivity index (χ1n) is 6.39. The van der Waals surface area contributed by atoms with Crippen molar-refractivity contribution >= 4 is 33.0 Å². The summed E-state index contributed by atoms with van der Waals surface area (Å²) in [6, 6.07) is 11.5. The summed E-state index contributed by atoms with van der Waals surface area (Å²) in [5.74, 6) is 0.